The Morgan fingerprint density at radius 1 is 1.50 bits per heavy atom. The summed E-state index contributed by atoms with van der Waals surface area (Å²) in [4.78, 5) is 0. The van der Waals surface area contributed by atoms with Gasteiger partial charge in [-0.25, -0.2) is 0 Å². The average molecular weight is 282 g/mol. The molecule has 16 heavy (non-hydrogen) atoms. The Hall–Kier alpha value is -0.600. The molecule has 1 aromatic carbocycles. The molecule has 0 aromatic heterocycles. The maximum Gasteiger partial charge on any atom is 0.0368 e. The third-order valence-corrected chi connectivity index (χ3v) is 3.25. The predicted molar refractivity (Wildman–Crippen MR) is 74.7 cm³/mol. The van der Waals surface area contributed by atoms with Gasteiger partial charge in [0.25, 0.3) is 0 Å². The molecule has 0 heterocycles. The van der Waals surface area contributed by atoms with Gasteiger partial charge in [-0.05, 0) is 38.4 Å². The highest BCUT2D eigenvalue weighted by Gasteiger charge is 2.13. The number of hydrogen-bond acceptors (Lipinski definition) is 1. The lowest BCUT2D eigenvalue weighted by molar-refractivity contribution is 0.546. The van der Waals surface area contributed by atoms with Gasteiger partial charge >= 0.3 is 0 Å². The van der Waals surface area contributed by atoms with Crippen LogP contribution < -0.4 is 5.32 Å². The molecule has 0 aliphatic heterocycles. The van der Waals surface area contributed by atoms with Gasteiger partial charge < -0.3 is 5.32 Å². The quantitative estimate of drug-likeness (QED) is 0.790. The Bertz CT molecular complexity index is 371. The van der Waals surface area contributed by atoms with Crippen molar-refractivity contribution in [1.29, 1.82) is 0 Å². The number of halogens is 1. The molecule has 1 N–H and O–H groups in total. The van der Waals surface area contributed by atoms with E-state index in [1.165, 1.54) is 21.2 Å². The fourth-order valence-corrected chi connectivity index (χ4v) is 2.34. The Balaban J connectivity index is 2.99. The predicted octanol–water partition coefficient (Wildman–Crippen LogP) is 4.37. The highest BCUT2D eigenvalue weighted by Crippen LogP contribution is 2.28. The van der Waals surface area contributed by atoms with Crippen LogP contribution in [0.3, 0.4) is 0 Å². The molecule has 0 aliphatic carbocycles. The molecule has 1 rings (SSSR count). The van der Waals surface area contributed by atoms with E-state index in [2.05, 4.69) is 66.8 Å². The van der Waals surface area contributed by atoms with Gasteiger partial charge in [0.1, 0.15) is 0 Å². The minimum absolute atomic E-state index is 0.358. The lowest BCUT2D eigenvalue weighted by atomic mass is 9.99. The third-order valence-electron chi connectivity index (χ3n) is 2.53. The van der Waals surface area contributed by atoms with E-state index < -0.39 is 0 Å². The van der Waals surface area contributed by atoms with Crippen molar-refractivity contribution in [3.8, 4) is 0 Å². The van der Waals surface area contributed by atoms with E-state index in [-0.39, 0.29) is 0 Å². The van der Waals surface area contributed by atoms with Crippen LogP contribution in [0.4, 0.5) is 0 Å². The van der Waals surface area contributed by atoms with Crippen molar-refractivity contribution in [1.82, 2.24) is 5.32 Å². The first-order valence-corrected chi connectivity index (χ1v) is 6.47. The Kier molecular flexibility index (Phi) is 5.23. The molecule has 1 nitrogen and oxygen atoms in total. The highest BCUT2D eigenvalue weighted by molar-refractivity contribution is 9.10. The van der Waals surface area contributed by atoms with Gasteiger partial charge in [-0.1, -0.05) is 46.1 Å². The summed E-state index contributed by atoms with van der Waals surface area (Å²) in [7, 11) is 0. The molecular formula is C14H20BrN. The molecule has 88 valence electrons. The lowest BCUT2D eigenvalue weighted by Crippen LogP contribution is -2.21. The van der Waals surface area contributed by atoms with Crippen LogP contribution in [0.5, 0.6) is 0 Å². The smallest absolute Gasteiger partial charge is 0.0368 e. The van der Waals surface area contributed by atoms with Crippen molar-refractivity contribution >= 4 is 15.9 Å². The van der Waals surface area contributed by atoms with Crippen molar-refractivity contribution in [2.75, 3.05) is 6.54 Å². The van der Waals surface area contributed by atoms with Crippen LogP contribution in [0.2, 0.25) is 0 Å². The van der Waals surface area contributed by atoms with Gasteiger partial charge in [0.05, 0.1) is 0 Å². The summed E-state index contributed by atoms with van der Waals surface area (Å²) in [5.74, 6) is 0. The molecular weight excluding hydrogens is 262 g/mol. The molecule has 0 radical (unpaired) electrons. The second-order valence-corrected chi connectivity index (χ2v) is 5.15. The number of aryl methyl sites for hydroxylation is 1. The van der Waals surface area contributed by atoms with Crippen molar-refractivity contribution in [3.63, 3.8) is 0 Å². The van der Waals surface area contributed by atoms with E-state index in [1.54, 1.807) is 0 Å². The zero-order valence-electron chi connectivity index (χ0n) is 10.3. The molecule has 1 aromatic rings. The topological polar surface area (TPSA) is 12.0 Å². The molecule has 0 spiro atoms. The third kappa shape index (κ3) is 3.76. The fraction of sp³-hybridized carbons (Fsp3) is 0.429. The van der Waals surface area contributed by atoms with Crippen molar-refractivity contribution < 1.29 is 0 Å². The fourth-order valence-electron chi connectivity index (χ4n) is 1.82. The van der Waals surface area contributed by atoms with Gasteiger partial charge in [-0.2, -0.15) is 0 Å². The van der Waals surface area contributed by atoms with E-state index in [0.717, 1.165) is 13.0 Å². The number of hydrogen-bond donors (Lipinski definition) is 1. The van der Waals surface area contributed by atoms with E-state index in [0.29, 0.717) is 6.04 Å². The van der Waals surface area contributed by atoms with Crippen LogP contribution in [-0.4, -0.2) is 6.54 Å². The van der Waals surface area contributed by atoms with Crippen LogP contribution in [0, 0.1) is 6.92 Å². The highest BCUT2D eigenvalue weighted by atomic mass is 79.9. The summed E-state index contributed by atoms with van der Waals surface area (Å²) in [6.07, 6.45) is 0.982. The monoisotopic (exact) mass is 281 g/mol. The molecule has 0 fully saturated rings. The Morgan fingerprint density at radius 2 is 2.19 bits per heavy atom. The van der Waals surface area contributed by atoms with Crippen LogP contribution in [0.15, 0.2) is 34.8 Å². The zero-order chi connectivity index (χ0) is 12.1. The molecule has 0 saturated carbocycles. The van der Waals surface area contributed by atoms with Crippen LogP contribution in [-0.2, 0) is 0 Å². The van der Waals surface area contributed by atoms with E-state index in [1.807, 2.05) is 0 Å². The summed E-state index contributed by atoms with van der Waals surface area (Å²) in [6.45, 7) is 11.3. The molecule has 0 aliphatic rings. The van der Waals surface area contributed by atoms with Crippen molar-refractivity contribution in [2.24, 2.45) is 0 Å². The molecule has 1 atom stereocenters. The van der Waals surface area contributed by atoms with Crippen LogP contribution >= 0.6 is 15.9 Å². The molecule has 0 saturated heterocycles. The molecule has 2 heteroatoms. The van der Waals surface area contributed by atoms with Crippen LogP contribution in [0.1, 0.15) is 37.4 Å². The normalized spacial score (nSPS) is 12.5. The summed E-state index contributed by atoms with van der Waals surface area (Å²) in [5, 5.41) is 3.51. The summed E-state index contributed by atoms with van der Waals surface area (Å²) >= 11 is 3.62. The zero-order valence-corrected chi connectivity index (χ0v) is 11.9. The van der Waals surface area contributed by atoms with Crippen LogP contribution in [0.25, 0.3) is 0 Å². The summed E-state index contributed by atoms with van der Waals surface area (Å²) < 4.78 is 1.17. The van der Waals surface area contributed by atoms with E-state index >= 15 is 0 Å². The molecule has 0 bridgehead atoms. The lowest BCUT2D eigenvalue weighted by Gasteiger charge is -2.20. The first-order valence-electron chi connectivity index (χ1n) is 5.68. The SMILES string of the molecule is C=C(C)CC(NCC)c1cc(C)ccc1Br. The average Bonchev–Trinajstić information content (AvgIpc) is 2.20. The van der Waals surface area contributed by atoms with Crippen molar-refractivity contribution in [2.45, 2.75) is 33.2 Å². The Labute approximate surface area is 107 Å². The number of nitrogens with one attached hydrogen (secondary N) is 1. The van der Waals surface area contributed by atoms with Gasteiger partial charge in [-0.3, -0.25) is 0 Å². The van der Waals surface area contributed by atoms with Crippen molar-refractivity contribution in [3.05, 3.63) is 46.0 Å². The standard InChI is InChI=1S/C14H20BrN/c1-5-16-14(8-10(2)3)12-9-11(4)6-7-13(12)15/h6-7,9,14,16H,2,5,8H2,1,3-4H3. The van der Waals surface area contributed by atoms with Gasteiger partial charge in [0, 0.05) is 10.5 Å². The number of benzene rings is 1. The first-order chi connectivity index (χ1) is 7.54. The van der Waals surface area contributed by atoms with Gasteiger partial charge in [-0.15, -0.1) is 6.58 Å². The number of rotatable bonds is 5. The van der Waals surface area contributed by atoms with E-state index in [9.17, 15) is 0 Å². The van der Waals surface area contributed by atoms with Gasteiger partial charge in [0.15, 0.2) is 0 Å². The molecule has 0 amide bonds. The Morgan fingerprint density at radius 3 is 2.75 bits per heavy atom. The first kappa shape index (κ1) is 13.5. The summed E-state index contributed by atoms with van der Waals surface area (Å²) in [6, 6.07) is 6.84. The minimum Gasteiger partial charge on any atom is -0.310 e. The summed E-state index contributed by atoms with van der Waals surface area (Å²) in [5.41, 5.74) is 3.83. The maximum atomic E-state index is 4.00. The second kappa shape index (κ2) is 6.21. The second-order valence-electron chi connectivity index (χ2n) is 4.30. The minimum atomic E-state index is 0.358. The largest absolute Gasteiger partial charge is 0.310 e. The van der Waals surface area contributed by atoms with E-state index in [4.69, 9.17) is 0 Å². The maximum absolute atomic E-state index is 4.00. The molecule has 1 unspecified atom stereocenters. The van der Waals surface area contributed by atoms with Gasteiger partial charge in [0.2, 0.25) is 0 Å².